The molecular weight excluding hydrogens is 346 g/mol. The molecule has 0 saturated carbocycles. The van der Waals surface area contributed by atoms with Crippen molar-refractivity contribution in [1.82, 2.24) is 19.5 Å². The minimum absolute atomic E-state index is 0.437. The van der Waals surface area contributed by atoms with Crippen molar-refractivity contribution in [3.63, 3.8) is 0 Å². The summed E-state index contributed by atoms with van der Waals surface area (Å²) in [5, 5.41) is 18.5. The predicted octanol–water partition coefficient (Wildman–Crippen LogP) is 1.71. The van der Waals surface area contributed by atoms with Crippen LogP contribution in [0.15, 0.2) is 28.9 Å². The Morgan fingerprint density at radius 3 is 2.85 bits per heavy atom. The molecule has 0 radical (unpaired) electrons. The Bertz CT molecular complexity index is 900. The molecule has 1 saturated heterocycles. The van der Waals surface area contributed by atoms with Crippen LogP contribution in [0.1, 0.15) is 11.3 Å². The van der Waals surface area contributed by atoms with E-state index in [4.69, 9.17) is 9.15 Å². The third-order valence-corrected chi connectivity index (χ3v) is 4.93. The van der Waals surface area contributed by atoms with Crippen molar-refractivity contribution in [2.45, 2.75) is 20.0 Å². The molecule has 0 aromatic carbocycles. The lowest BCUT2D eigenvalue weighted by Gasteiger charge is -2.28. The molecule has 8 heteroatoms. The maximum atomic E-state index is 10.4. The molecule has 1 aliphatic heterocycles. The fourth-order valence-electron chi connectivity index (χ4n) is 3.31. The SMILES string of the molecule is Cc1nc2cc(-c3ccco3)nn2c(NCC(O)CN2CCOCC2)c1C. The standard InChI is InChI=1S/C19H25N5O3/c1-13-14(2)21-18-10-16(17-4-3-7-27-17)22-24(18)19(13)20-11-15(25)12-23-5-8-26-9-6-23/h3-4,7,10,15,20,25H,5-6,8-9,11-12H2,1-2H3. The van der Waals surface area contributed by atoms with Crippen molar-refractivity contribution in [3.05, 3.63) is 35.7 Å². The number of hydrogen-bond acceptors (Lipinski definition) is 7. The zero-order valence-corrected chi connectivity index (χ0v) is 15.7. The van der Waals surface area contributed by atoms with Crippen LogP contribution < -0.4 is 5.32 Å². The van der Waals surface area contributed by atoms with Crippen LogP contribution in [0, 0.1) is 13.8 Å². The molecule has 0 bridgehead atoms. The summed E-state index contributed by atoms with van der Waals surface area (Å²) in [7, 11) is 0. The molecule has 1 atom stereocenters. The number of ether oxygens (including phenoxy) is 1. The monoisotopic (exact) mass is 371 g/mol. The minimum atomic E-state index is -0.480. The maximum absolute atomic E-state index is 10.4. The van der Waals surface area contributed by atoms with Crippen LogP contribution >= 0.6 is 0 Å². The lowest BCUT2D eigenvalue weighted by molar-refractivity contribution is 0.0171. The van der Waals surface area contributed by atoms with Crippen molar-refractivity contribution in [2.24, 2.45) is 0 Å². The highest BCUT2D eigenvalue weighted by atomic mass is 16.5. The summed E-state index contributed by atoms with van der Waals surface area (Å²) in [6.07, 6.45) is 1.15. The van der Waals surface area contributed by atoms with E-state index in [-0.39, 0.29) is 0 Å². The van der Waals surface area contributed by atoms with Crippen molar-refractivity contribution < 1.29 is 14.3 Å². The zero-order valence-electron chi connectivity index (χ0n) is 15.7. The number of nitrogens with zero attached hydrogens (tertiary/aromatic N) is 4. The zero-order chi connectivity index (χ0) is 18.8. The Labute approximate surface area is 157 Å². The summed E-state index contributed by atoms with van der Waals surface area (Å²) < 4.78 is 12.6. The number of nitrogens with one attached hydrogen (secondary N) is 1. The third-order valence-electron chi connectivity index (χ3n) is 4.93. The van der Waals surface area contributed by atoms with Gasteiger partial charge < -0.3 is 19.6 Å². The van der Waals surface area contributed by atoms with Gasteiger partial charge in [-0.05, 0) is 26.0 Å². The van der Waals surface area contributed by atoms with Crippen molar-refractivity contribution in [2.75, 3.05) is 44.7 Å². The van der Waals surface area contributed by atoms with E-state index in [1.54, 1.807) is 10.8 Å². The number of aliphatic hydroxyl groups excluding tert-OH is 1. The summed E-state index contributed by atoms with van der Waals surface area (Å²) in [5.74, 6) is 1.55. The molecule has 2 N–H and O–H groups in total. The molecule has 144 valence electrons. The lowest BCUT2D eigenvalue weighted by Crippen LogP contribution is -2.42. The van der Waals surface area contributed by atoms with Gasteiger partial charge in [0.25, 0.3) is 0 Å². The smallest absolute Gasteiger partial charge is 0.158 e. The predicted molar refractivity (Wildman–Crippen MR) is 102 cm³/mol. The van der Waals surface area contributed by atoms with Gasteiger partial charge in [-0.25, -0.2) is 4.98 Å². The van der Waals surface area contributed by atoms with Gasteiger partial charge in [-0.3, -0.25) is 4.90 Å². The highest BCUT2D eigenvalue weighted by Crippen LogP contribution is 2.24. The fraction of sp³-hybridized carbons (Fsp3) is 0.474. The van der Waals surface area contributed by atoms with E-state index in [2.05, 4.69) is 20.3 Å². The van der Waals surface area contributed by atoms with Crippen LogP contribution in [0.2, 0.25) is 0 Å². The largest absolute Gasteiger partial charge is 0.463 e. The minimum Gasteiger partial charge on any atom is -0.463 e. The second-order valence-corrected chi connectivity index (χ2v) is 6.90. The molecule has 3 aromatic heterocycles. The average molecular weight is 371 g/mol. The number of morpholine rings is 1. The van der Waals surface area contributed by atoms with Crippen molar-refractivity contribution >= 4 is 11.5 Å². The van der Waals surface area contributed by atoms with Gasteiger partial charge in [0.1, 0.15) is 11.5 Å². The van der Waals surface area contributed by atoms with Crippen molar-refractivity contribution in [1.29, 1.82) is 0 Å². The summed E-state index contributed by atoms with van der Waals surface area (Å²) in [4.78, 5) is 6.84. The van der Waals surface area contributed by atoms with Crippen molar-refractivity contribution in [3.8, 4) is 11.5 Å². The van der Waals surface area contributed by atoms with E-state index in [9.17, 15) is 5.11 Å². The number of aliphatic hydroxyl groups is 1. The molecular formula is C19H25N5O3. The fourth-order valence-corrected chi connectivity index (χ4v) is 3.31. The Hall–Kier alpha value is -2.42. The van der Waals surface area contributed by atoms with Crippen LogP contribution in [-0.4, -0.2) is 70.1 Å². The number of fused-ring (bicyclic) bond motifs is 1. The third kappa shape index (κ3) is 3.83. The molecule has 4 rings (SSSR count). The molecule has 27 heavy (non-hydrogen) atoms. The Morgan fingerprint density at radius 1 is 1.30 bits per heavy atom. The lowest BCUT2D eigenvalue weighted by atomic mass is 10.2. The number of aryl methyl sites for hydroxylation is 1. The Morgan fingerprint density at radius 2 is 2.11 bits per heavy atom. The summed E-state index contributed by atoms with van der Waals surface area (Å²) in [6.45, 7) is 8.22. The van der Waals surface area contributed by atoms with Gasteiger partial charge in [-0.1, -0.05) is 0 Å². The highest BCUT2D eigenvalue weighted by molar-refractivity contribution is 5.63. The molecule has 1 unspecified atom stereocenters. The van der Waals surface area contributed by atoms with Gasteiger partial charge in [0.2, 0.25) is 0 Å². The van der Waals surface area contributed by atoms with Crippen LogP contribution in [0.3, 0.4) is 0 Å². The van der Waals surface area contributed by atoms with Crippen LogP contribution in [-0.2, 0) is 4.74 Å². The van der Waals surface area contributed by atoms with Gasteiger partial charge in [0.15, 0.2) is 11.4 Å². The highest BCUT2D eigenvalue weighted by Gasteiger charge is 2.18. The topological polar surface area (TPSA) is 88.1 Å². The normalized spacial score (nSPS) is 16.7. The second-order valence-electron chi connectivity index (χ2n) is 6.90. The number of β-amino-alcohol motifs (C(OH)–C–C–N with tert-alkyl or cyclic N) is 1. The molecule has 4 heterocycles. The van der Waals surface area contributed by atoms with Gasteiger partial charge in [0, 0.05) is 43.5 Å². The van der Waals surface area contributed by atoms with E-state index >= 15 is 0 Å². The number of hydrogen-bond donors (Lipinski definition) is 2. The molecule has 8 nitrogen and oxygen atoms in total. The van der Waals surface area contributed by atoms with Gasteiger partial charge >= 0.3 is 0 Å². The number of rotatable bonds is 6. The first-order chi connectivity index (χ1) is 13.1. The Kier molecular flexibility index (Phi) is 5.11. The summed E-state index contributed by atoms with van der Waals surface area (Å²) >= 11 is 0. The van der Waals surface area contributed by atoms with E-state index in [1.165, 1.54) is 0 Å². The van der Waals surface area contributed by atoms with E-state index in [0.29, 0.717) is 18.8 Å². The van der Waals surface area contributed by atoms with Crippen LogP contribution in [0.5, 0.6) is 0 Å². The van der Waals surface area contributed by atoms with Gasteiger partial charge in [0.05, 0.1) is 25.6 Å². The summed E-state index contributed by atoms with van der Waals surface area (Å²) in [6, 6.07) is 5.62. The molecule has 1 aliphatic rings. The Balaban J connectivity index is 1.53. The first kappa shape index (κ1) is 18.0. The van der Waals surface area contributed by atoms with E-state index in [0.717, 1.165) is 54.7 Å². The summed E-state index contributed by atoms with van der Waals surface area (Å²) in [5.41, 5.74) is 3.41. The number of aromatic nitrogens is 3. The molecule has 1 fully saturated rings. The average Bonchev–Trinajstić information content (AvgIpc) is 3.32. The maximum Gasteiger partial charge on any atom is 0.158 e. The molecule has 3 aromatic rings. The number of furan rings is 1. The van der Waals surface area contributed by atoms with Crippen LogP contribution in [0.4, 0.5) is 5.82 Å². The first-order valence-corrected chi connectivity index (χ1v) is 9.24. The van der Waals surface area contributed by atoms with Crippen LogP contribution in [0.25, 0.3) is 17.1 Å². The first-order valence-electron chi connectivity index (χ1n) is 9.24. The van der Waals surface area contributed by atoms with Gasteiger partial charge in [-0.15, -0.1) is 0 Å². The molecule has 0 amide bonds. The van der Waals surface area contributed by atoms with E-state index in [1.807, 2.05) is 32.0 Å². The molecule has 0 spiro atoms. The quantitative estimate of drug-likeness (QED) is 0.682. The molecule has 0 aliphatic carbocycles. The van der Waals surface area contributed by atoms with Gasteiger partial charge in [-0.2, -0.15) is 9.61 Å². The second kappa shape index (κ2) is 7.67. The number of anilines is 1. The van der Waals surface area contributed by atoms with E-state index < -0.39 is 6.10 Å².